The van der Waals surface area contributed by atoms with Gasteiger partial charge < -0.3 is 14.5 Å². The summed E-state index contributed by atoms with van der Waals surface area (Å²) in [6.07, 6.45) is 1.45. The van der Waals surface area contributed by atoms with Crippen molar-refractivity contribution in [3.05, 3.63) is 48.2 Å². The third kappa shape index (κ3) is 4.58. The summed E-state index contributed by atoms with van der Waals surface area (Å²) in [5.41, 5.74) is 1.09. The number of ether oxygens (including phenoxy) is 1. The second-order valence-electron chi connectivity index (χ2n) is 6.77. The number of rotatable bonds is 6. The molecule has 3 rings (SSSR count). The summed E-state index contributed by atoms with van der Waals surface area (Å²) in [5.74, 6) is 1.53. The van der Waals surface area contributed by atoms with Crippen molar-refractivity contribution in [2.45, 2.75) is 11.4 Å². The van der Waals surface area contributed by atoms with Crippen LogP contribution in [0.2, 0.25) is 0 Å². The summed E-state index contributed by atoms with van der Waals surface area (Å²) in [6.45, 7) is 3.16. The number of piperazine rings is 1. The molecule has 0 N–H and O–H groups in total. The van der Waals surface area contributed by atoms with E-state index in [1.165, 1.54) is 10.5 Å². The first-order valence-corrected chi connectivity index (χ1v) is 10.3. The zero-order valence-electron chi connectivity index (χ0n) is 16.0. The van der Waals surface area contributed by atoms with Gasteiger partial charge in [-0.2, -0.15) is 4.31 Å². The average Bonchev–Trinajstić information content (AvgIpc) is 2.68. The van der Waals surface area contributed by atoms with Gasteiger partial charge in [-0.25, -0.2) is 13.4 Å². The minimum absolute atomic E-state index is 0.241. The van der Waals surface area contributed by atoms with Crippen molar-refractivity contribution in [2.24, 2.45) is 0 Å². The Morgan fingerprint density at radius 2 is 1.89 bits per heavy atom. The number of nitrogens with zero attached hydrogens (tertiary/aromatic N) is 4. The lowest BCUT2D eigenvalue weighted by atomic mass is 10.2. The fraction of sp³-hybridized carbons (Fsp3) is 0.421. The summed E-state index contributed by atoms with van der Waals surface area (Å²) in [5, 5.41) is 0. The Kier molecular flexibility index (Phi) is 5.98. The maximum absolute atomic E-state index is 12.8. The molecule has 1 aliphatic heterocycles. The molecule has 2 heterocycles. The van der Waals surface area contributed by atoms with Crippen molar-refractivity contribution in [3.8, 4) is 5.75 Å². The standard InChI is InChI=1S/C19H26N4O3S/c1-21-9-11-23(12-10-21)27(24,25)18-7-8-19(20-14-18)22(2)15-16-5-4-6-17(13-16)26-3/h4-8,13-14H,9-12,15H2,1-3H3. The Morgan fingerprint density at radius 3 is 2.52 bits per heavy atom. The molecule has 8 heteroatoms. The third-order valence-corrected chi connectivity index (χ3v) is 6.65. The smallest absolute Gasteiger partial charge is 0.244 e. The molecule has 1 saturated heterocycles. The minimum atomic E-state index is -3.49. The van der Waals surface area contributed by atoms with E-state index < -0.39 is 10.0 Å². The Balaban J connectivity index is 1.70. The Morgan fingerprint density at radius 1 is 1.15 bits per heavy atom. The maximum atomic E-state index is 12.8. The van der Waals surface area contributed by atoms with E-state index in [1.807, 2.05) is 43.3 Å². The number of methoxy groups -OCH3 is 1. The van der Waals surface area contributed by atoms with E-state index in [1.54, 1.807) is 19.2 Å². The van der Waals surface area contributed by atoms with Crippen LogP contribution in [0, 0.1) is 0 Å². The summed E-state index contributed by atoms with van der Waals surface area (Å²) >= 11 is 0. The van der Waals surface area contributed by atoms with Crippen LogP contribution in [0.5, 0.6) is 5.75 Å². The molecule has 0 atom stereocenters. The first kappa shape index (κ1) is 19.6. The summed E-state index contributed by atoms with van der Waals surface area (Å²) < 4.78 is 32.3. The third-order valence-electron chi connectivity index (χ3n) is 4.77. The van der Waals surface area contributed by atoms with Gasteiger partial charge >= 0.3 is 0 Å². The Hall–Kier alpha value is -2.16. The molecule has 7 nitrogen and oxygen atoms in total. The van der Waals surface area contributed by atoms with Gasteiger partial charge in [-0.15, -0.1) is 0 Å². The average molecular weight is 391 g/mol. The lowest BCUT2D eigenvalue weighted by Gasteiger charge is -2.31. The molecule has 0 bridgehead atoms. The van der Waals surface area contributed by atoms with Crippen molar-refractivity contribution < 1.29 is 13.2 Å². The zero-order valence-corrected chi connectivity index (χ0v) is 16.8. The van der Waals surface area contributed by atoms with E-state index >= 15 is 0 Å². The number of hydrogen-bond acceptors (Lipinski definition) is 6. The summed E-state index contributed by atoms with van der Waals surface area (Å²) in [6, 6.07) is 11.2. The SMILES string of the molecule is COc1cccc(CN(C)c2ccc(S(=O)(=O)N3CCN(C)CC3)cn2)c1. The van der Waals surface area contributed by atoms with Crippen LogP contribution in [0.15, 0.2) is 47.5 Å². The maximum Gasteiger partial charge on any atom is 0.244 e. The fourth-order valence-electron chi connectivity index (χ4n) is 3.05. The fourth-order valence-corrected chi connectivity index (χ4v) is 4.42. The van der Waals surface area contributed by atoms with E-state index in [0.29, 0.717) is 19.6 Å². The van der Waals surface area contributed by atoms with Gasteiger partial charge in [0.15, 0.2) is 0 Å². The van der Waals surface area contributed by atoms with Crippen molar-refractivity contribution in [3.63, 3.8) is 0 Å². The quantitative estimate of drug-likeness (QED) is 0.747. The van der Waals surface area contributed by atoms with Gasteiger partial charge in [-0.3, -0.25) is 0 Å². The number of benzene rings is 1. The minimum Gasteiger partial charge on any atom is -0.497 e. The van der Waals surface area contributed by atoms with Crippen molar-refractivity contribution >= 4 is 15.8 Å². The van der Waals surface area contributed by atoms with Crippen LogP contribution in [0.1, 0.15) is 5.56 Å². The van der Waals surface area contributed by atoms with Crippen LogP contribution in [-0.2, 0) is 16.6 Å². The molecule has 0 aliphatic carbocycles. The first-order valence-electron chi connectivity index (χ1n) is 8.89. The molecule has 0 amide bonds. The van der Waals surface area contributed by atoms with Gasteiger partial charge in [0.05, 0.1) is 7.11 Å². The van der Waals surface area contributed by atoms with E-state index in [2.05, 4.69) is 9.88 Å². The second kappa shape index (κ2) is 8.24. The molecule has 1 fully saturated rings. The van der Waals surface area contributed by atoms with Crippen LogP contribution in [0.4, 0.5) is 5.82 Å². The normalized spacial score (nSPS) is 16.3. The molecule has 0 radical (unpaired) electrons. The van der Waals surface area contributed by atoms with Crippen LogP contribution >= 0.6 is 0 Å². The van der Waals surface area contributed by atoms with E-state index in [9.17, 15) is 8.42 Å². The predicted molar refractivity (Wildman–Crippen MR) is 106 cm³/mol. The lowest BCUT2D eigenvalue weighted by molar-refractivity contribution is 0.222. The largest absolute Gasteiger partial charge is 0.497 e. The number of aromatic nitrogens is 1. The highest BCUT2D eigenvalue weighted by Crippen LogP contribution is 2.21. The Labute approximate surface area is 161 Å². The molecule has 1 aliphatic rings. The molecule has 0 unspecified atom stereocenters. The van der Waals surface area contributed by atoms with Crippen LogP contribution in [0.3, 0.4) is 0 Å². The number of anilines is 1. The highest BCUT2D eigenvalue weighted by Gasteiger charge is 2.27. The number of hydrogen-bond donors (Lipinski definition) is 0. The molecule has 1 aromatic carbocycles. The van der Waals surface area contributed by atoms with Crippen LogP contribution in [-0.4, -0.2) is 70.0 Å². The van der Waals surface area contributed by atoms with Gasteiger partial charge in [0.2, 0.25) is 10.0 Å². The number of likely N-dealkylation sites (N-methyl/N-ethyl adjacent to an activating group) is 1. The van der Waals surface area contributed by atoms with E-state index in [-0.39, 0.29) is 4.90 Å². The van der Waals surface area contributed by atoms with Gasteiger partial charge in [0.25, 0.3) is 0 Å². The van der Waals surface area contributed by atoms with Crippen molar-refractivity contribution in [1.82, 2.24) is 14.2 Å². The molecule has 0 saturated carbocycles. The molecule has 146 valence electrons. The second-order valence-corrected chi connectivity index (χ2v) is 8.70. The molecule has 1 aromatic heterocycles. The predicted octanol–water partition coefficient (Wildman–Crippen LogP) is 1.66. The first-order chi connectivity index (χ1) is 12.9. The molecule has 0 spiro atoms. The molecule has 2 aromatic rings. The molecule has 27 heavy (non-hydrogen) atoms. The van der Waals surface area contributed by atoms with E-state index in [0.717, 1.165) is 30.2 Å². The van der Waals surface area contributed by atoms with Crippen LogP contribution in [0.25, 0.3) is 0 Å². The van der Waals surface area contributed by atoms with E-state index in [4.69, 9.17) is 4.74 Å². The topological polar surface area (TPSA) is 66.0 Å². The highest BCUT2D eigenvalue weighted by molar-refractivity contribution is 7.89. The van der Waals surface area contributed by atoms with Crippen LogP contribution < -0.4 is 9.64 Å². The van der Waals surface area contributed by atoms with Crippen molar-refractivity contribution in [1.29, 1.82) is 0 Å². The van der Waals surface area contributed by atoms with Crippen molar-refractivity contribution in [2.75, 3.05) is 52.3 Å². The number of sulfonamides is 1. The summed E-state index contributed by atoms with van der Waals surface area (Å²) in [4.78, 5) is 8.71. The monoisotopic (exact) mass is 390 g/mol. The zero-order chi connectivity index (χ0) is 19.4. The number of pyridine rings is 1. The molecular weight excluding hydrogens is 364 g/mol. The summed E-state index contributed by atoms with van der Waals surface area (Å²) in [7, 11) is 2.08. The van der Waals surface area contributed by atoms with Gasteiger partial charge in [0.1, 0.15) is 16.5 Å². The van der Waals surface area contributed by atoms with Gasteiger partial charge in [-0.1, -0.05) is 12.1 Å². The lowest BCUT2D eigenvalue weighted by Crippen LogP contribution is -2.47. The Bertz CT molecular complexity index is 863. The molecular formula is C19H26N4O3S. The highest BCUT2D eigenvalue weighted by atomic mass is 32.2. The van der Waals surface area contributed by atoms with Gasteiger partial charge in [-0.05, 0) is 36.9 Å². The van der Waals surface area contributed by atoms with Gasteiger partial charge in [0, 0.05) is 46.0 Å².